The molecule has 4 N–H and O–H groups in total. The zero-order valence-corrected chi connectivity index (χ0v) is 11.1. The minimum absolute atomic E-state index is 0.260. The highest BCUT2D eigenvalue weighted by molar-refractivity contribution is 5.85. The second-order valence-corrected chi connectivity index (χ2v) is 4.79. The van der Waals surface area contributed by atoms with Crippen LogP contribution in [-0.4, -0.2) is 61.8 Å². The van der Waals surface area contributed by atoms with Crippen LogP contribution in [0.5, 0.6) is 0 Å². The molecular formula is C12H15FN4O4. The third-order valence-corrected chi connectivity index (χ3v) is 3.56. The summed E-state index contributed by atoms with van der Waals surface area (Å²) < 4.78 is 20.4. The Morgan fingerprint density at radius 1 is 1.43 bits per heavy atom. The van der Waals surface area contributed by atoms with Crippen molar-refractivity contribution in [2.24, 2.45) is 0 Å². The van der Waals surface area contributed by atoms with Crippen molar-refractivity contribution in [1.82, 2.24) is 14.5 Å². The van der Waals surface area contributed by atoms with Gasteiger partial charge < -0.3 is 29.9 Å². The van der Waals surface area contributed by atoms with E-state index in [9.17, 15) is 14.6 Å². The topological polar surface area (TPSA) is 113 Å². The van der Waals surface area contributed by atoms with E-state index in [-0.39, 0.29) is 5.82 Å². The molecule has 1 fully saturated rings. The number of aliphatic hydroxyl groups is 3. The maximum absolute atomic E-state index is 13.6. The fraction of sp³-hybridized carbons (Fsp3) is 0.500. The third kappa shape index (κ3) is 2.14. The minimum Gasteiger partial charge on any atom is -0.394 e. The molecule has 1 saturated heterocycles. The van der Waals surface area contributed by atoms with Crippen LogP contribution in [0.3, 0.4) is 0 Å². The van der Waals surface area contributed by atoms with Crippen molar-refractivity contribution < 1.29 is 24.4 Å². The SMILES string of the molecule is CNc1nc(F)cc2c1ncn2[C@H]1O[C@H](CO)[C@@H](O)[C@H]1O. The normalized spacial score (nSPS) is 29.2. The van der Waals surface area contributed by atoms with E-state index >= 15 is 0 Å². The van der Waals surface area contributed by atoms with Crippen LogP contribution in [0.25, 0.3) is 11.0 Å². The average molecular weight is 298 g/mol. The van der Waals surface area contributed by atoms with Crippen LogP contribution < -0.4 is 5.32 Å². The minimum atomic E-state index is -1.26. The van der Waals surface area contributed by atoms with Gasteiger partial charge in [0.1, 0.15) is 23.8 Å². The Labute approximate surface area is 118 Å². The Morgan fingerprint density at radius 2 is 2.19 bits per heavy atom. The van der Waals surface area contributed by atoms with Gasteiger partial charge in [-0.15, -0.1) is 0 Å². The molecule has 0 radical (unpaired) electrons. The van der Waals surface area contributed by atoms with Crippen molar-refractivity contribution in [3.63, 3.8) is 0 Å². The number of fused-ring (bicyclic) bond motifs is 1. The number of pyridine rings is 1. The molecule has 1 aliphatic heterocycles. The van der Waals surface area contributed by atoms with Gasteiger partial charge in [-0.3, -0.25) is 0 Å². The number of hydrogen-bond donors (Lipinski definition) is 4. The number of imidazole rings is 1. The molecule has 8 nitrogen and oxygen atoms in total. The van der Waals surface area contributed by atoms with Crippen LogP contribution >= 0.6 is 0 Å². The number of hydrogen-bond acceptors (Lipinski definition) is 7. The highest BCUT2D eigenvalue weighted by Gasteiger charge is 2.43. The van der Waals surface area contributed by atoms with Gasteiger partial charge in [0, 0.05) is 13.1 Å². The largest absolute Gasteiger partial charge is 0.394 e. The molecule has 0 aliphatic carbocycles. The van der Waals surface area contributed by atoms with Crippen molar-refractivity contribution in [3.8, 4) is 0 Å². The van der Waals surface area contributed by atoms with Crippen molar-refractivity contribution in [1.29, 1.82) is 0 Å². The molecule has 0 saturated carbocycles. The van der Waals surface area contributed by atoms with Gasteiger partial charge in [-0.05, 0) is 0 Å². The van der Waals surface area contributed by atoms with Crippen molar-refractivity contribution >= 4 is 16.9 Å². The Morgan fingerprint density at radius 3 is 2.81 bits per heavy atom. The molecule has 2 aromatic rings. The summed E-state index contributed by atoms with van der Waals surface area (Å²) in [6.45, 7) is -0.432. The van der Waals surface area contributed by atoms with Gasteiger partial charge in [0.25, 0.3) is 0 Å². The third-order valence-electron chi connectivity index (χ3n) is 3.56. The summed E-state index contributed by atoms with van der Waals surface area (Å²) in [5, 5.41) is 31.7. The van der Waals surface area contributed by atoms with Crippen molar-refractivity contribution in [3.05, 3.63) is 18.3 Å². The van der Waals surface area contributed by atoms with Crippen LogP contribution in [0, 0.1) is 5.95 Å². The van der Waals surface area contributed by atoms with Gasteiger partial charge in [-0.2, -0.15) is 4.39 Å². The highest BCUT2D eigenvalue weighted by Crippen LogP contribution is 2.32. The van der Waals surface area contributed by atoms with Crippen LogP contribution in [0.2, 0.25) is 0 Å². The molecule has 0 bridgehead atoms. The van der Waals surface area contributed by atoms with E-state index in [1.807, 2.05) is 0 Å². The number of ether oxygens (including phenoxy) is 1. The number of nitrogens with zero attached hydrogens (tertiary/aromatic N) is 3. The lowest BCUT2D eigenvalue weighted by atomic mass is 10.1. The van der Waals surface area contributed by atoms with E-state index in [2.05, 4.69) is 15.3 Å². The fourth-order valence-electron chi connectivity index (χ4n) is 2.49. The average Bonchev–Trinajstić information content (AvgIpc) is 3.01. The monoisotopic (exact) mass is 298 g/mol. The van der Waals surface area contributed by atoms with Crippen LogP contribution in [0.4, 0.5) is 10.2 Å². The predicted molar refractivity (Wildman–Crippen MR) is 70.0 cm³/mol. The summed E-state index contributed by atoms with van der Waals surface area (Å²) in [5.41, 5.74) is 0.776. The van der Waals surface area contributed by atoms with E-state index in [0.717, 1.165) is 6.07 Å². The van der Waals surface area contributed by atoms with Crippen molar-refractivity contribution in [2.75, 3.05) is 19.0 Å². The molecule has 21 heavy (non-hydrogen) atoms. The van der Waals surface area contributed by atoms with Gasteiger partial charge >= 0.3 is 0 Å². The first-order valence-electron chi connectivity index (χ1n) is 6.40. The number of rotatable bonds is 3. The van der Waals surface area contributed by atoms with Crippen LogP contribution in [-0.2, 0) is 4.74 Å². The lowest BCUT2D eigenvalue weighted by Crippen LogP contribution is -2.33. The number of aliphatic hydroxyl groups excluding tert-OH is 3. The van der Waals surface area contributed by atoms with Gasteiger partial charge in [0.15, 0.2) is 12.0 Å². The lowest BCUT2D eigenvalue weighted by molar-refractivity contribution is -0.0509. The quantitative estimate of drug-likeness (QED) is 0.550. The maximum Gasteiger partial charge on any atom is 0.217 e. The van der Waals surface area contributed by atoms with Gasteiger partial charge in [-0.1, -0.05) is 0 Å². The van der Waals surface area contributed by atoms with Gasteiger partial charge in [0.2, 0.25) is 5.95 Å². The summed E-state index contributed by atoms with van der Waals surface area (Å²) in [6, 6.07) is 1.16. The molecule has 0 unspecified atom stereocenters. The molecule has 2 aromatic heterocycles. The molecule has 3 heterocycles. The summed E-state index contributed by atoms with van der Waals surface area (Å²) in [4.78, 5) is 7.80. The van der Waals surface area contributed by atoms with Crippen LogP contribution in [0.1, 0.15) is 6.23 Å². The number of anilines is 1. The number of aromatic nitrogens is 3. The summed E-state index contributed by atoms with van der Waals surface area (Å²) >= 11 is 0. The Kier molecular flexibility index (Phi) is 3.49. The lowest BCUT2D eigenvalue weighted by Gasteiger charge is -2.17. The Hall–Kier alpha value is -1.81. The van der Waals surface area contributed by atoms with Gasteiger partial charge in [-0.25, -0.2) is 9.97 Å². The van der Waals surface area contributed by atoms with E-state index in [1.165, 1.54) is 10.9 Å². The number of nitrogens with one attached hydrogen (secondary N) is 1. The zero-order chi connectivity index (χ0) is 15.1. The molecule has 0 amide bonds. The Balaban J connectivity index is 2.07. The smallest absolute Gasteiger partial charge is 0.217 e. The highest BCUT2D eigenvalue weighted by atomic mass is 19.1. The first kappa shape index (κ1) is 14.1. The van der Waals surface area contributed by atoms with E-state index in [1.54, 1.807) is 7.05 Å². The molecule has 1 aliphatic rings. The summed E-state index contributed by atoms with van der Waals surface area (Å²) in [5.74, 6) is -0.448. The van der Waals surface area contributed by atoms with E-state index in [4.69, 9.17) is 9.84 Å². The summed E-state index contributed by atoms with van der Waals surface area (Å²) in [7, 11) is 1.59. The molecule has 114 valence electrons. The molecule has 0 aromatic carbocycles. The van der Waals surface area contributed by atoms with E-state index in [0.29, 0.717) is 11.0 Å². The van der Waals surface area contributed by atoms with Crippen molar-refractivity contribution in [2.45, 2.75) is 24.5 Å². The Bertz CT molecular complexity index is 664. The molecule has 3 rings (SSSR count). The predicted octanol–water partition coefficient (Wildman–Crippen LogP) is -0.776. The second kappa shape index (κ2) is 5.19. The standard InChI is InChI=1S/C12H15FN4O4/c1-14-11-8-5(2-7(13)16-11)17(4-15-8)12-10(20)9(19)6(3-18)21-12/h2,4,6,9-10,12,18-20H,3H2,1H3,(H,14,16)/t6-,9-,10-,12+/m1/s1. The van der Waals surface area contributed by atoms with Crippen LogP contribution in [0.15, 0.2) is 12.4 Å². The second-order valence-electron chi connectivity index (χ2n) is 4.79. The fourth-order valence-corrected chi connectivity index (χ4v) is 2.49. The summed E-state index contributed by atoms with van der Waals surface area (Å²) in [6.07, 6.45) is -2.99. The first-order valence-corrected chi connectivity index (χ1v) is 6.40. The molecule has 0 spiro atoms. The molecular weight excluding hydrogens is 283 g/mol. The first-order chi connectivity index (χ1) is 10.1. The molecule has 9 heteroatoms. The van der Waals surface area contributed by atoms with E-state index < -0.39 is 37.1 Å². The molecule has 4 atom stereocenters. The zero-order valence-electron chi connectivity index (χ0n) is 11.1. The maximum atomic E-state index is 13.6. The van der Waals surface area contributed by atoms with Gasteiger partial charge in [0.05, 0.1) is 18.5 Å². The number of halogens is 1.